The summed E-state index contributed by atoms with van der Waals surface area (Å²) < 4.78 is 27.7. The van der Waals surface area contributed by atoms with Gasteiger partial charge in [-0.3, -0.25) is 15.0 Å². The predicted molar refractivity (Wildman–Crippen MR) is 137 cm³/mol. The average Bonchev–Trinajstić information content (AvgIpc) is 2.86. The summed E-state index contributed by atoms with van der Waals surface area (Å²) in [5.74, 6) is -2.70. The molecule has 4 rings (SSSR count). The number of piperazine rings is 1. The van der Waals surface area contributed by atoms with E-state index in [4.69, 9.17) is 22.7 Å². The number of amidine groups is 1. The van der Waals surface area contributed by atoms with Crippen molar-refractivity contribution in [3.05, 3.63) is 76.8 Å². The first-order valence-electron chi connectivity index (χ1n) is 11.2. The fourth-order valence-corrected chi connectivity index (χ4v) is 5.87. The maximum Gasteiger partial charge on any atom is 0.311 e. The van der Waals surface area contributed by atoms with Crippen molar-refractivity contribution in [2.75, 3.05) is 26.2 Å². The van der Waals surface area contributed by atoms with Crippen LogP contribution in [0.3, 0.4) is 0 Å². The Morgan fingerprint density at radius 3 is 2.19 bits per heavy atom. The van der Waals surface area contributed by atoms with Gasteiger partial charge in [-0.25, -0.2) is 8.42 Å². The number of halogens is 1. The number of nitrogen functional groups attached to an aromatic ring is 1. The van der Waals surface area contributed by atoms with Crippen molar-refractivity contribution in [1.29, 1.82) is 5.41 Å². The second-order valence-corrected chi connectivity index (χ2v) is 10.9. The number of sulfonamides is 1. The Kier molecular flexibility index (Phi) is 7.30. The second-order valence-electron chi connectivity index (χ2n) is 8.57. The number of carbonyl (C=O) groups is 2. The number of carbonyl (C=O) groups excluding carboxylic acids is 1. The quantitative estimate of drug-likeness (QED) is 0.317. The molecule has 1 heterocycles. The fourth-order valence-electron chi connectivity index (χ4n) is 4.23. The summed E-state index contributed by atoms with van der Waals surface area (Å²) in [5.41, 5.74) is 6.33. The summed E-state index contributed by atoms with van der Waals surface area (Å²) in [7, 11) is -3.76. The molecule has 11 heteroatoms. The number of aliphatic carboxylic acids is 1. The van der Waals surface area contributed by atoms with Crippen LogP contribution in [0.15, 0.2) is 65.6 Å². The van der Waals surface area contributed by atoms with Gasteiger partial charge in [0.05, 0.1) is 10.8 Å². The van der Waals surface area contributed by atoms with Crippen LogP contribution in [-0.4, -0.2) is 66.6 Å². The Bertz CT molecular complexity index is 1430. The first-order valence-corrected chi connectivity index (χ1v) is 13.0. The molecule has 0 radical (unpaired) electrons. The standard InChI is InChI=1S/C25H25ClN4O5S/c26-20-7-5-19-14-21(8-6-18(19)13-20)36(34,35)30-11-9-29(10-12-30)23(31)15-22(25(32)33)16-1-3-17(4-2-16)24(27)28/h1-8,13-14,22H,9-12,15H2,(H3,27,28)(H,32,33). The molecule has 3 aromatic rings. The van der Waals surface area contributed by atoms with Crippen molar-refractivity contribution >= 4 is 50.1 Å². The van der Waals surface area contributed by atoms with Crippen LogP contribution in [0.1, 0.15) is 23.5 Å². The fraction of sp³-hybridized carbons (Fsp3) is 0.240. The molecule has 0 spiro atoms. The van der Waals surface area contributed by atoms with Crippen molar-refractivity contribution in [1.82, 2.24) is 9.21 Å². The number of hydrogen-bond donors (Lipinski definition) is 3. The van der Waals surface area contributed by atoms with E-state index < -0.39 is 21.9 Å². The molecule has 1 aliphatic rings. The van der Waals surface area contributed by atoms with E-state index in [0.29, 0.717) is 16.1 Å². The van der Waals surface area contributed by atoms with Gasteiger partial charge in [0.1, 0.15) is 5.84 Å². The number of nitrogens with one attached hydrogen (secondary N) is 1. The number of rotatable bonds is 7. The SMILES string of the molecule is N=C(N)c1ccc(C(CC(=O)N2CCN(S(=O)(=O)c3ccc4cc(Cl)ccc4c3)CC2)C(=O)O)cc1. The van der Waals surface area contributed by atoms with Crippen LogP contribution in [0.4, 0.5) is 0 Å². The normalized spacial score (nSPS) is 15.5. The first kappa shape index (κ1) is 25.6. The molecule has 3 aromatic carbocycles. The zero-order valence-corrected chi connectivity index (χ0v) is 20.8. The highest BCUT2D eigenvalue weighted by Gasteiger charge is 2.32. The second kappa shape index (κ2) is 10.3. The number of amides is 1. The Morgan fingerprint density at radius 2 is 1.58 bits per heavy atom. The molecule has 0 aliphatic carbocycles. The molecule has 0 aromatic heterocycles. The van der Waals surface area contributed by atoms with Gasteiger partial charge in [-0.1, -0.05) is 48.0 Å². The third kappa shape index (κ3) is 5.35. The molecule has 1 saturated heterocycles. The molecule has 0 bridgehead atoms. The number of nitrogens with zero attached hydrogens (tertiary/aromatic N) is 2. The van der Waals surface area contributed by atoms with Gasteiger partial charge in [0.15, 0.2) is 0 Å². The summed E-state index contributed by atoms with van der Waals surface area (Å²) in [4.78, 5) is 26.4. The van der Waals surface area contributed by atoms with E-state index in [-0.39, 0.29) is 49.2 Å². The highest BCUT2D eigenvalue weighted by molar-refractivity contribution is 7.89. The van der Waals surface area contributed by atoms with E-state index in [0.717, 1.165) is 10.8 Å². The first-order chi connectivity index (χ1) is 17.1. The van der Waals surface area contributed by atoms with Crippen LogP contribution < -0.4 is 5.73 Å². The number of nitrogens with two attached hydrogens (primary N) is 1. The molecule has 1 fully saturated rings. The van der Waals surface area contributed by atoms with Crippen LogP contribution in [-0.2, 0) is 19.6 Å². The molecule has 1 aliphatic heterocycles. The predicted octanol–water partition coefficient (Wildman–Crippen LogP) is 2.87. The van der Waals surface area contributed by atoms with Gasteiger partial charge in [0.2, 0.25) is 15.9 Å². The number of carboxylic acids is 1. The molecule has 9 nitrogen and oxygen atoms in total. The van der Waals surface area contributed by atoms with Crippen molar-refractivity contribution in [2.24, 2.45) is 5.73 Å². The summed E-state index contributed by atoms with van der Waals surface area (Å²) in [5, 5.41) is 19.3. The third-order valence-corrected chi connectivity index (χ3v) is 8.43. The van der Waals surface area contributed by atoms with Gasteiger partial charge in [0, 0.05) is 43.2 Å². The van der Waals surface area contributed by atoms with Crippen molar-refractivity contribution < 1.29 is 23.1 Å². The molecule has 1 amide bonds. The van der Waals surface area contributed by atoms with Gasteiger partial charge < -0.3 is 15.7 Å². The monoisotopic (exact) mass is 528 g/mol. The van der Waals surface area contributed by atoms with Gasteiger partial charge in [-0.05, 0) is 40.6 Å². The zero-order chi connectivity index (χ0) is 26.0. The topological polar surface area (TPSA) is 145 Å². The third-order valence-electron chi connectivity index (χ3n) is 6.30. The molecular formula is C25H25ClN4O5S. The maximum atomic E-state index is 13.2. The van der Waals surface area contributed by atoms with E-state index >= 15 is 0 Å². The molecule has 36 heavy (non-hydrogen) atoms. The van der Waals surface area contributed by atoms with E-state index in [1.165, 1.54) is 9.21 Å². The molecule has 4 N–H and O–H groups in total. The zero-order valence-electron chi connectivity index (χ0n) is 19.2. The summed E-state index contributed by atoms with van der Waals surface area (Å²) in [6.45, 7) is 0.545. The van der Waals surface area contributed by atoms with E-state index in [9.17, 15) is 23.1 Å². The number of fused-ring (bicyclic) bond motifs is 1. The summed E-state index contributed by atoms with van der Waals surface area (Å²) in [6, 6.07) is 16.3. The van der Waals surface area contributed by atoms with Crippen molar-refractivity contribution in [3.8, 4) is 0 Å². The maximum absolute atomic E-state index is 13.2. The molecule has 0 saturated carbocycles. The van der Waals surface area contributed by atoms with Gasteiger partial charge >= 0.3 is 5.97 Å². The highest BCUT2D eigenvalue weighted by Crippen LogP contribution is 2.26. The Hall–Kier alpha value is -3.47. The average molecular weight is 529 g/mol. The van der Waals surface area contributed by atoms with Crippen LogP contribution in [0.5, 0.6) is 0 Å². The molecule has 1 atom stereocenters. The largest absolute Gasteiger partial charge is 0.481 e. The molecular weight excluding hydrogens is 504 g/mol. The van der Waals surface area contributed by atoms with Crippen LogP contribution in [0, 0.1) is 5.41 Å². The lowest BCUT2D eigenvalue weighted by Crippen LogP contribution is -2.50. The Labute approximate surface area is 213 Å². The lowest BCUT2D eigenvalue weighted by atomic mass is 9.94. The number of benzene rings is 3. The van der Waals surface area contributed by atoms with Crippen LogP contribution in [0.2, 0.25) is 5.02 Å². The van der Waals surface area contributed by atoms with E-state index in [1.807, 2.05) is 0 Å². The number of hydrogen-bond acceptors (Lipinski definition) is 5. The smallest absolute Gasteiger partial charge is 0.311 e. The van der Waals surface area contributed by atoms with Gasteiger partial charge in [-0.2, -0.15) is 4.31 Å². The Morgan fingerprint density at radius 1 is 0.972 bits per heavy atom. The van der Waals surface area contributed by atoms with Crippen LogP contribution in [0.25, 0.3) is 10.8 Å². The summed E-state index contributed by atoms with van der Waals surface area (Å²) >= 11 is 6.01. The minimum atomic E-state index is -3.76. The van der Waals surface area contributed by atoms with Crippen LogP contribution >= 0.6 is 11.6 Å². The van der Waals surface area contributed by atoms with E-state index in [2.05, 4.69) is 0 Å². The minimum absolute atomic E-state index is 0.109. The van der Waals surface area contributed by atoms with Gasteiger partial charge in [0.25, 0.3) is 0 Å². The lowest BCUT2D eigenvalue weighted by molar-refractivity contribution is -0.143. The van der Waals surface area contributed by atoms with Gasteiger partial charge in [-0.15, -0.1) is 0 Å². The van der Waals surface area contributed by atoms with Crippen molar-refractivity contribution in [2.45, 2.75) is 17.2 Å². The summed E-state index contributed by atoms with van der Waals surface area (Å²) in [6.07, 6.45) is -0.255. The minimum Gasteiger partial charge on any atom is -0.481 e. The lowest BCUT2D eigenvalue weighted by Gasteiger charge is -2.34. The number of carboxylic acid groups (broad SMARTS) is 1. The van der Waals surface area contributed by atoms with Crippen molar-refractivity contribution in [3.63, 3.8) is 0 Å². The molecule has 188 valence electrons. The Balaban J connectivity index is 1.42. The molecule has 1 unspecified atom stereocenters. The highest BCUT2D eigenvalue weighted by atomic mass is 35.5. The van der Waals surface area contributed by atoms with E-state index in [1.54, 1.807) is 60.7 Å².